The lowest BCUT2D eigenvalue weighted by atomic mass is 10.2. The number of hydrogen-bond donors (Lipinski definition) is 1. The highest BCUT2D eigenvalue weighted by molar-refractivity contribution is 6.07. The fraction of sp³-hybridized carbons (Fsp3) is 0.300. The second-order valence-corrected chi connectivity index (χ2v) is 3.12. The number of aromatic amines is 1. The van der Waals surface area contributed by atoms with Gasteiger partial charge in [-0.25, -0.2) is 4.99 Å². The number of ether oxygens (including phenoxy) is 1. The molecule has 5 nitrogen and oxygen atoms in total. The average Bonchev–Trinajstić information content (AvgIpc) is 2.80. The summed E-state index contributed by atoms with van der Waals surface area (Å²) >= 11 is 0. The van der Waals surface area contributed by atoms with Crippen LogP contribution < -0.4 is 0 Å². The van der Waals surface area contributed by atoms with E-state index in [0.717, 1.165) is 6.07 Å². The molecule has 0 unspecified atom stereocenters. The third-order valence-electron chi connectivity index (χ3n) is 2.01. The van der Waals surface area contributed by atoms with Crippen molar-refractivity contribution in [2.75, 3.05) is 14.2 Å². The average molecular weight is 260 g/mol. The summed E-state index contributed by atoms with van der Waals surface area (Å²) in [7, 11) is 2.78. The minimum Gasteiger partial charge on any atom is -0.481 e. The molecule has 0 saturated heterocycles. The molecule has 18 heavy (non-hydrogen) atoms. The highest BCUT2D eigenvalue weighted by Gasteiger charge is 2.33. The van der Waals surface area contributed by atoms with Gasteiger partial charge < -0.3 is 4.74 Å². The van der Waals surface area contributed by atoms with Gasteiger partial charge in [-0.3, -0.25) is 10.1 Å². The monoisotopic (exact) mass is 260 g/mol. The van der Waals surface area contributed by atoms with Crippen LogP contribution in [0, 0.1) is 0 Å². The van der Waals surface area contributed by atoms with Crippen molar-refractivity contribution in [3.63, 3.8) is 0 Å². The standard InChI is InChI=1S/C10H11F3N4O/c1-14-6(5-9(15-2)18-3)7-4-8(17-16-7)10(11,12)13/h4-5H,2H2,1,3H3,(H,16,17)/b9-5+,14-6?. The van der Waals surface area contributed by atoms with Crippen molar-refractivity contribution in [2.24, 2.45) is 9.98 Å². The van der Waals surface area contributed by atoms with Gasteiger partial charge in [0.05, 0.1) is 12.8 Å². The summed E-state index contributed by atoms with van der Waals surface area (Å²) in [5.41, 5.74) is -0.702. The Kier molecular flexibility index (Phi) is 4.24. The molecule has 0 atom stereocenters. The number of methoxy groups -OCH3 is 1. The van der Waals surface area contributed by atoms with Gasteiger partial charge in [0.1, 0.15) is 11.4 Å². The van der Waals surface area contributed by atoms with Gasteiger partial charge in [0.25, 0.3) is 0 Å². The van der Waals surface area contributed by atoms with Crippen LogP contribution >= 0.6 is 0 Å². The fourth-order valence-electron chi connectivity index (χ4n) is 1.14. The molecule has 0 aromatic carbocycles. The van der Waals surface area contributed by atoms with Crippen LogP contribution in [0.5, 0.6) is 0 Å². The SMILES string of the molecule is C=N/C(=C\C(=NC)c1cc(C(F)(F)F)[nH]n1)OC. The first kappa shape index (κ1) is 13.9. The van der Waals surface area contributed by atoms with Crippen molar-refractivity contribution in [3.8, 4) is 0 Å². The predicted molar refractivity (Wildman–Crippen MR) is 60.7 cm³/mol. The Hall–Kier alpha value is -2.12. The van der Waals surface area contributed by atoms with Crippen molar-refractivity contribution >= 4 is 12.4 Å². The summed E-state index contributed by atoms with van der Waals surface area (Å²) in [4.78, 5) is 7.34. The zero-order valence-corrected chi connectivity index (χ0v) is 9.75. The number of allylic oxidation sites excluding steroid dienone is 1. The largest absolute Gasteiger partial charge is 0.481 e. The van der Waals surface area contributed by atoms with Gasteiger partial charge in [-0.05, 0) is 12.8 Å². The molecule has 0 fully saturated rings. The molecule has 1 rings (SSSR count). The highest BCUT2D eigenvalue weighted by atomic mass is 19.4. The van der Waals surface area contributed by atoms with Crippen LogP contribution in [0.15, 0.2) is 28.0 Å². The molecule has 1 aromatic heterocycles. The van der Waals surface area contributed by atoms with Gasteiger partial charge in [0, 0.05) is 13.1 Å². The first-order valence-electron chi connectivity index (χ1n) is 4.74. The third-order valence-corrected chi connectivity index (χ3v) is 2.01. The summed E-state index contributed by atoms with van der Waals surface area (Å²) < 4.78 is 42.0. The van der Waals surface area contributed by atoms with Crippen molar-refractivity contribution in [2.45, 2.75) is 6.18 Å². The summed E-state index contributed by atoms with van der Waals surface area (Å²) in [6, 6.07) is 0.856. The van der Waals surface area contributed by atoms with Gasteiger partial charge in [-0.15, -0.1) is 0 Å². The molecule has 0 spiro atoms. The zero-order valence-electron chi connectivity index (χ0n) is 9.75. The summed E-state index contributed by atoms with van der Waals surface area (Å²) in [5.74, 6) is 0.132. The molecule has 1 N–H and O–H groups in total. The number of H-pyrrole nitrogens is 1. The van der Waals surface area contributed by atoms with E-state index in [0.29, 0.717) is 0 Å². The van der Waals surface area contributed by atoms with Gasteiger partial charge in [0.15, 0.2) is 0 Å². The Morgan fingerprint density at radius 2 is 2.22 bits per heavy atom. The molecular formula is C10H11F3N4O. The lowest BCUT2D eigenvalue weighted by molar-refractivity contribution is -0.141. The van der Waals surface area contributed by atoms with Crippen LogP contribution in [-0.2, 0) is 10.9 Å². The molecular weight excluding hydrogens is 249 g/mol. The van der Waals surface area contributed by atoms with Crippen molar-refractivity contribution in [1.29, 1.82) is 0 Å². The number of hydrogen-bond acceptors (Lipinski definition) is 4. The topological polar surface area (TPSA) is 62.6 Å². The molecule has 0 aliphatic heterocycles. The van der Waals surface area contributed by atoms with Crippen LogP contribution in [-0.4, -0.2) is 36.8 Å². The van der Waals surface area contributed by atoms with E-state index in [1.165, 1.54) is 20.2 Å². The lowest BCUT2D eigenvalue weighted by Gasteiger charge is -2.00. The molecule has 0 radical (unpaired) electrons. The van der Waals surface area contributed by atoms with Crippen LogP contribution in [0.1, 0.15) is 11.4 Å². The molecule has 0 saturated carbocycles. The highest BCUT2D eigenvalue weighted by Crippen LogP contribution is 2.27. The van der Waals surface area contributed by atoms with Gasteiger partial charge in [-0.2, -0.15) is 18.3 Å². The van der Waals surface area contributed by atoms with E-state index in [1.807, 2.05) is 5.10 Å². The van der Waals surface area contributed by atoms with Crippen LogP contribution in [0.4, 0.5) is 13.2 Å². The van der Waals surface area contributed by atoms with Crippen LogP contribution in [0.3, 0.4) is 0 Å². The van der Waals surface area contributed by atoms with E-state index in [-0.39, 0.29) is 17.3 Å². The summed E-state index contributed by atoms with van der Waals surface area (Å²) in [5, 5.41) is 5.44. The Balaban J connectivity index is 3.09. The number of halogens is 3. The normalized spacial score (nSPS) is 13.6. The second kappa shape index (κ2) is 5.48. The molecule has 8 heteroatoms. The van der Waals surface area contributed by atoms with Gasteiger partial charge in [0.2, 0.25) is 5.88 Å². The lowest BCUT2D eigenvalue weighted by Crippen LogP contribution is -2.05. The Morgan fingerprint density at radius 1 is 1.56 bits per heavy atom. The van der Waals surface area contributed by atoms with Crippen LogP contribution in [0.2, 0.25) is 0 Å². The van der Waals surface area contributed by atoms with E-state index in [9.17, 15) is 13.2 Å². The number of rotatable bonds is 4. The number of aliphatic imine (C=N–C) groups is 2. The maximum atomic E-state index is 12.4. The Bertz CT molecular complexity index is 488. The molecule has 0 aliphatic rings. The Labute approximate surface area is 101 Å². The van der Waals surface area contributed by atoms with Crippen molar-refractivity contribution < 1.29 is 17.9 Å². The third kappa shape index (κ3) is 3.19. The summed E-state index contributed by atoms with van der Waals surface area (Å²) in [6.07, 6.45) is -3.14. The minimum absolute atomic E-state index is 0.0445. The number of aromatic nitrogens is 2. The molecule has 1 aromatic rings. The Morgan fingerprint density at radius 3 is 2.61 bits per heavy atom. The molecule has 0 amide bonds. The van der Waals surface area contributed by atoms with E-state index in [1.54, 1.807) is 0 Å². The van der Waals surface area contributed by atoms with Crippen molar-refractivity contribution in [3.05, 3.63) is 29.4 Å². The van der Waals surface area contributed by atoms with E-state index in [4.69, 9.17) is 4.74 Å². The number of nitrogens with one attached hydrogen (secondary N) is 1. The van der Waals surface area contributed by atoms with E-state index >= 15 is 0 Å². The predicted octanol–water partition coefficient (Wildman–Crippen LogP) is 2.04. The van der Waals surface area contributed by atoms with Gasteiger partial charge >= 0.3 is 6.18 Å². The van der Waals surface area contributed by atoms with Crippen LogP contribution in [0.25, 0.3) is 0 Å². The quantitative estimate of drug-likeness (QED) is 0.665. The van der Waals surface area contributed by atoms with E-state index < -0.39 is 11.9 Å². The molecule has 0 bridgehead atoms. The first-order valence-corrected chi connectivity index (χ1v) is 4.74. The van der Waals surface area contributed by atoms with E-state index in [2.05, 4.69) is 21.8 Å². The van der Waals surface area contributed by atoms with Gasteiger partial charge in [-0.1, -0.05) is 0 Å². The number of alkyl halides is 3. The minimum atomic E-state index is -4.48. The number of nitrogens with zero attached hydrogens (tertiary/aromatic N) is 3. The maximum Gasteiger partial charge on any atom is 0.432 e. The molecule has 0 aliphatic carbocycles. The maximum absolute atomic E-state index is 12.4. The van der Waals surface area contributed by atoms with Crippen molar-refractivity contribution in [1.82, 2.24) is 10.2 Å². The first-order chi connectivity index (χ1) is 8.42. The molecule has 1 heterocycles. The summed E-state index contributed by atoms with van der Waals surface area (Å²) in [6.45, 7) is 3.25. The molecule has 98 valence electrons. The zero-order chi connectivity index (χ0) is 13.8. The second-order valence-electron chi connectivity index (χ2n) is 3.12. The smallest absolute Gasteiger partial charge is 0.432 e. The fourth-order valence-corrected chi connectivity index (χ4v) is 1.14.